The number of nitrogens with one attached hydrogen (secondary N) is 1. The van der Waals surface area contributed by atoms with Crippen LogP contribution in [0.2, 0.25) is 10.0 Å². The van der Waals surface area contributed by atoms with Crippen molar-refractivity contribution >= 4 is 23.2 Å². The number of rotatable bonds is 5. The first-order chi connectivity index (χ1) is 8.27. The fourth-order valence-corrected chi connectivity index (χ4v) is 2.46. The van der Waals surface area contributed by atoms with E-state index in [0.717, 1.165) is 19.4 Å². The summed E-state index contributed by atoms with van der Waals surface area (Å²) in [6, 6.07) is 6.14. The van der Waals surface area contributed by atoms with Gasteiger partial charge in [-0.2, -0.15) is 0 Å². The van der Waals surface area contributed by atoms with Crippen LogP contribution >= 0.6 is 23.2 Å². The van der Waals surface area contributed by atoms with Crippen molar-refractivity contribution < 1.29 is 4.74 Å². The number of benzene rings is 1. The fraction of sp³-hybridized carbons (Fsp3) is 0.538. The maximum Gasteiger partial charge on any atom is 0.139 e. The predicted molar refractivity (Wildman–Crippen MR) is 72.2 cm³/mol. The van der Waals surface area contributed by atoms with E-state index in [1.54, 1.807) is 6.07 Å². The molecule has 2 nitrogen and oxygen atoms in total. The van der Waals surface area contributed by atoms with Crippen LogP contribution in [0.4, 0.5) is 0 Å². The molecule has 1 heterocycles. The summed E-state index contributed by atoms with van der Waals surface area (Å²) in [5.74, 6) is 0.679. The van der Waals surface area contributed by atoms with Crippen LogP contribution in [-0.2, 0) is 0 Å². The first-order valence-electron chi connectivity index (χ1n) is 6.07. The maximum absolute atomic E-state index is 6.03. The highest BCUT2D eigenvalue weighted by atomic mass is 35.5. The Morgan fingerprint density at radius 2 is 2.24 bits per heavy atom. The summed E-state index contributed by atoms with van der Waals surface area (Å²) in [5.41, 5.74) is 0. The van der Waals surface area contributed by atoms with Crippen molar-refractivity contribution in [1.82, 2.24) is 5.32 Å². The standard InChI is InChI=1S/C13H17Cl2NO/c14-11-6-1-7-12(13(11)15)17-9-3-5-10-4-2-8-16-10/h1,6-7,10,16H,2-5,8-9H2. The average molecular weight is 274 g/mol. The van der Waals surface area contributed by atoms with Gasteiger partial charge < -0.3 is 10.1 Å². The van der Waals surface area contributed by atoms with Crippen molar-refractivity contribution in [3.05, 3.63) is 28.2 Å². The van der Waals surface area contributed by atoms with Crippen LogP contribution in [0.25, 0.3) is 0 Å². The molecule has 1 aliphatic rings. The third kappa shape index (κ3) is 3.77. The molecular formula is C13H17Cl2NO. The Labute approximate surface area is 112 Å². The Balaban J connectivity index is 1.72. The second kappa shape index (κ2) is 6.48. The number of hydrogen-bond acceptors (Lipinski definition) is 2. The summed E-state index contributed by atoms with van der Waals surface area (Å²) in [4.78, 5) is 0. The Kier molecular flexibility index (Phi) is 4.96. The van der Waals surface area contributed by atoms with Gasteiger partial charge in [-0.25, -0.2) is 0 Å². The summed E-state index contributed by atoms with van der Waals surface area (Å²) < 4.78 is 5.63. The molecule has 1 aromatic carbocycles. The van der Waals surface area contributed by atoms with Crippen LogP contribution in [0.1, 0.15) is 25.7 Å². The summed E-state index contributed by atoms with van der Waals surface area (Å²) >= 11 is 11.9. The van der Waals surface area contributed by atoms with Crippen molar-refractivity contribution in [2.24, 2.45) is 0 Å². The molecule has 1 N–H and O–H groups in total. The van der Waals surface area contributed by atoms with Crippen molar-refractivity contribution in [1.29, 1.82) is 0 Å². The van der Waals surface area contributed by atoms with Crippen molar-refractivity contribution in [2.45, 2.75) is 31.7 Å². The Morgan fingerprint density at radius 3 is 3.00 bits per heavy atom. The lowest BCUT2D eigenvalue weighted by atomic mass is 10.1. The zero-order valence-electron chi connectivity index (χ0n) is 9.72. The summed E-state index contributed by atoms with van der Waals surface area (Å²) in [6.45, 7) is 1.85. The van der Waals surface area contributed by atoms with Crippen LogP contribution in [0.3, 0.4) is 0 Å². The third-order valence-electron chi connectivity index (χ3n) is 3.03. The highest BCUT2D eigenvalue weighted by Crippen LogP contribution is 2.31. The smallest absolute Gasteiger partial charge is 0.139 e. The molecule has 0 saturated carbocycles. The first-order valence-corrected chi connectivity index (χ1v) is 6.83. The van der Waals surface area contributed by atoms with E-state index in [4.69, 9.17) is 27.9 Å². The van der Waals surface area contributed by atoms with Crippen LogP contribution in [0, 0.1) is 0 Å². The minimum Gasteiger partial charge on any atom is -0.492 e. The Morgan fingerprint density at radius 1 is 1.35 bits per heavy atom. The molecule has 4 heteroatoms. The van der Waals surface area contributed by atoms with E-state index in [9.17, 15) is 0 Å². The highest BCUT2D eigenvalue weighted by molar-refractivity contribution is 6.42. The fourth-order valence-electron chi connectivity index (χ4n) is 2.11. The van der Waals surface area contributed by atoms with Gasteiger partial charge in [-0.15, -0.1) is 0 Å². The molecule has 1 unspecified atom stereocenters. The largest absolute Gasteiger partial charge is 0.492 e. The van der Waals surface area contributed by atoms with E-state index in [1.165, 1.54) is 12.8 Å². The molecule has 0 spiro atoms. The Hall–Kier alpha value is -0.440. The van der Waals surface area contributed by atoms with Gasteiger partial charge in [0.05, 0.1) is 11.6 Å². The molecule has 17 heavy (non-hydrogen) atoms. The van der Waals surface area contributed by atoms with E-state index in [-0.39, 0.29) is 0 Å². The monoisotopic (exact) mass is 273 g/mol. The molecule has 0 bridgehead atoms. The maximum atomic E-state index is 6.03. The molecule has 1 aromatic rings. The predicted octanol–water partition coefficient (Wildman–Crippen LogP) is 3.90. The van der Waals surface area contributed by atoms with Gasteiger partial charge in [0.25, 0.3) is 0 Å². The molecule has 0 aromatic heterocycles. The van der Waals surface area contributed by atoms with Gasteiger partial charge >= 0.3 is 0 Å². The van der Waals surface area contributed by atoms with E-state index in [1.807, 2.05) is 12.1 Å². The lowest BCUT2D eigenvalue weighted by Gasteiger charge is -2.11. The summed E-state index contributed by atoms with van der Waals surface area (Å²) in [6.07, 6.45) is 4.79. The topological polar surface area (TPSA) is 21.3 Å². The van der Waals surface area contributed by atoms with Crippen LogP contribution in [-0.4, -0.2) is 19.2 Å². The second-order valence-electron chi connectivity index (χ2n) is 4.34. The second-order valence-corrected chi connectivity index (χ2v) is 5.12. The van der Waals surface area contributed by atoms with E-state index < -0.39 is 0 Å². The van der Waals surface area contributed by atoms with Crippen LogP contribution in [0.15, 0.2) is 18.2 Å². The Bertz CT molecular complexity index is 364. The molecule has 1 saturated heterocycles. The van der Waals surface area contributed by atoms with Gasteiger partial charge in [0.1, 0.15) is 10.8 Å². The minimum atomic E-state index is 0.508. The molecular weight excluding hydrogens is 257 g/mol. The zero-order chi connectivity index (χ0) is 12.1. The highest BCUT2D eigenvalue weighted by Gasteiger charge is 2.13. The molecule has 0 amide bonds. The van der Waals surface area contributed by atoms with Gasteiger partial charge in [-0.1, -0.05) is 29.3 Å². The molecule has 94 valence electrons. The molecule has 0 aliphatic carbocycles. The molecule has 1 fully saturated rings. The van der Waals surface area contributed by atoms with E-state index in [2.05, 4.69) is 5.32 Å². The third-order valence-corrected chi connectivity index (χ3v) is 3.83. The first kappa shape index (κ1) is 13.0. The number of ether oxygens (including phenoxy) is 1. The zero-order valence-corrected chi connectivity index (χ0v) is 11.2. The van der Waals surface area contributed by atoms with Gasteiger partial charge in [-0.05, 0) is 44.4 Å². The van der Waals surface area contributed by atoms with E-state index >= 15 is 0 Å². The normalized spacial score (nSPS) is 19.5. The van der Waals surface area contributed by atoms with Crippen LogP contribution < -0.4 is 10.1 Å². The van der Waals surface area contributed by atoms with Crippen LogP contribution in [0.5, 0.6) is 5.75 Å². The minimum absolute atomic E-state index is 0.508. The number of hydrogen-bond donors (Lipinski definition) is 1. The van der Waals surface area contributed by atoms with Gasteiger partial charge in [0, 0.05) is 6.04 Å². The van der Waals surface area contributed by atoms with Crippen molar-refractivity contribution in [2.75, 3.05) is 13.2 Å². The quantitative estimate of drug-likeness (QED) is 0.822. The lowest BCUT2D eigenvalue weighted by molar-refractivity contribution is 0.299. The van der Waals surface area contributed by atoms with Crippen molar-refractivity contribution in [3.63, 3.8) is 0 Å². The summed E-state index contributed by atoms with van der Waals surface area (Å²) in [5, 5.41) is 4.52. The molecule has 1 aliphatic heterocycles. The number of halogens is 2. The van der Waals surface area contributed by atoms with Crippen molar-refractivity contribution in [3.8, 4) is 5.75 Å². The van der Waals surface area contributed by atoms with Gasteiger partial charge in [0.15, 0.2) is 0 Å². The lowest BCUT2D eigenvalue weighted by Crippen LogP contribution is -2.21. The van der Waals surface area contributed by atoms with Gasteiger partial charge in [0.2, 0.25) is 0 Å². The van der Waals surface area contributed by atoms with Gasteiger partial charge in [-0.3, -0.25) is 0 Å². The summed E-state index contributed by atoms with van der Waals surface area (Å²) in [7, 11) is 0. The molecule has 0 radical (unpaired) electrons. The van der Waals surface area contributed by atoms with E-state index in [0.29, 0.717) is 28.4 Å². The molecule has 1 atom stereocenters. The average Bonchev–Trinajstić information content (AvgIpc) is 2.83. The SMILES string of the molecule is Clc1cccc(OCCCC2CCCN2)c1Cl. The molecule has 2 rings (SSSR count).